The molecule has 0 saturated carbocycles. The van der Waals surface area contributed by atoms with Crippen LogP contribution in [0.5, 0.6) is 5.75 Å². The fraction of sp³-hybridized carbons (Fsp3) is 0.583. The molecule has 18 heavy (non-hydrogen) atoms. The van der Waals surface area contributed by atoms with E-state index in [1.165, 1.54) is 12.3 Å². The number of nitrogens with one attached hydrogen (secondary N) is 1. The van der Waals surface area contributed by atoms with Gasteiger partial charge in [0.05, 0.1) is 6.20 Å². The maximum atomic E-state index is 12.0. The minimum Gasteiger partial charge on any atom is -0.433 e. The molecule has 0 aromatic carbocycles. The van der Waals surface area contributed by atoms with Gasteiger partial charge in [-0.25, -0.2) is 4.98 Å². The molecule has 1 N–H and O–H groups in total. The Hall–Kier alpha value is -1.43. The number of likely N-dealkylation sites (N-methyl/N-ethyl adjacent to an activating group) is 1. The fourth-order valence-electron chi connectivity index (χ4n) is 2.15. The van der Waals surface area contributed by atoms with Crippen molar-refractivity contribution in [1.29, 1.82) is 0 Å². The first-order chi connectivity index (χ1) is 8.69. The smallest absolute Gasteiger partial charge is 0.387 e. The van der Waals surface area contributed by atoms with Gasteiger partial charge >= 0.3 is 6.61 Å². The van der Waals surface area contributed by atoms with E-state index in [9.17, 15) is 8.78 Å². The van der Waals surface area contributed by atoms with Crippen molar-refractivity contribution >= 4 is 5.82 Å². The van der Waals surface area contributed by atoms with Crippen LogP contribution in [0.3, 0.4) is 0 Å². The van der Waals surface area contributed by atoms with Crippen LogP contribution in [0.15, 0.2) is 18.3 Å². The Morgan fingerprint density at radius 2 is 2.33 bits per heavy atom. The first-order valence-electron chi connectivity index (χ1n) is 6.02. The first-order valence-corrected chi connectivity index (χ1v) is 6.02. The maximum Gasteiger partial charge on any atom is 0.387 e. The minimum atomic E-state index is -2.80. The van der Waals surface area contributed by atoms with E-state index in [0.29, 0.717) is 6.04 Å². The first kappa shape index (κ1) is 13.0. The summed E-state index contributed by atoms with van der Waals surface area (Å²) in [6.07, 6.45) is 3.59. The molecule has 2 rings (SSSR count). The summed E-state index contributed by atoms with van der Waals surface area (Å²) in [5, 5.41) is 3.25. The molecule has 0 aliphatic carbocycles. The number of ether oxygens (including phenoxy) is 1. The van der Waals surface area contributed by atoms with Gasteiger partial charge in [0, 0.05) is 19.1 Å². The van der Waals surface area contributed by atoms with Crippen LogP contribution < -0.4 is 15.0 Å². The Labute approximate surface area is 105 Å². The number of hydrogen-bond donors (Lipinski definition) is 1. The average molecular weight is 257 g/mol. The second kappa shape index (κ2) is 5.95. The normalized spacial score (nSPS) is 20.2. The van der Waals surface area contributed by atoms with Crippen molar-refractivity contribution in [2.24, 2.45) is 0 Å². The lowest BCUT2D eigenvalue weighted by molar-refractivity contribution is -0.0500. The standard InChI is InChI=1S/C12H17F2N3O/c1-15-9-3-2-6-17(8-9)11-5-4-10(7-16-11)18-12(13)14/h4-5,7,9,12,15H,2-3,6,8H2,1H3. The van der Waals surface area contributed by atoms with Crippen LogP contribution >= 0.6 is 0 Å². The zero-order valence-electron chi connectivity index (χ0n) is 10.3. The van der Waals surface area contributed by atoms with Crippen LogP contribution in [0.25, 0.3) is 0 Å². The van der Waals surface area contributed by atoms with E-state index in [1.807, 2.05) is 7.05 Å². The molecule has 1 aromatic rings. The molecular formula is C12H17F2N3O. The zero-order chi connectivity index (χ0) is 13.0. The van der Waals surface area contributed by atoms with E-state index in [4.69, 9.17) is 0 Å². The van der Waals surface area contributed by atoms with Crippen molar-refractivity contribution in [2.75, 3.05) is 25.0 Å². The van der Waals surface area contributed by atoms with Crippen LogP contribution in [-0.2, 0) is 0 Å². The van der Waals surface area contributed by atoms with E-state index in [2.05, 4.69) is 19.9 Å². The number of alkyl halides is 2. The third-order valence-corrected chi connectivity index (χ3v) is 3.10. The molecule has 1 aliphatic heterocycles. The lowest BCUT2D eigenvalue weighted by Gasteiger charge is -2.33. The van der Waals surface area contributed by atoms with Crippen LogP contribution in [0, 0.1) is 0 Å². The number of anilines is 1. The Morgan fingerprint density at radius 3 is 2.94 bits per heavy atom. The number of nitrogens with zero attached hydrogens (tertiary/aromatic N) is 2. The molecule has 1 fully saturated rings. The molecule has 1 unspecified atom stereocenters. The number of aromatic nitrogens is 1. The predicted molar refractivity (Wildman–Crippen MR) is 65.2 cm³/mol. The van der Waals surface area contributed by atoms with Gasteiger partial charge in [-0.1, -0.05) is 0 Å². The Bertz CT molecular complexity index is 372. The maximum absolute atomic E-state index is 12.0. The third kappa shape index (κ3) is 3.29. The largest absolute Gasteiger partial charge is 0.433 e. The van der Waals surface area contributed by atoms with Crippen LogP contribution in [0.1, 0.15) is 12.8 Å². The molecule has 0 radical (unpaired) electrons. The Kier molecular flexibility index (Phi) is 4.30. The molecule has 6 heteroatoms. The molecule has 0 amide bonds. The van der Waals surface area contributed by atoms with Crippen molar-refractivity contribution in [1.82, 2.24) is 10.3 Å². The summed E-state index contributed by atoms with van der Waals surface area (Å²) in [5.41, 5.74) is 0. The fourth-order valence-corrected chi connectivity index (χ4v) is 2.15. The summed E-state index contributed by atoms with van der Waals surface area (Å²) >= 11 is 0. The van der Waals surface area contributed by atoms with E-state index < -0.39 is 6.61 Å². The number of pyridine rings is 1. The molecule has 100 valence electrons. The molecule has 1 saturated heterocycles. The van der Waals surface area contributed by atoms with Gasteiger partial charge in [0.25, 0.3) is 0 Å². The summed E-state index contributed by atoms with van der Waals surface area (Å²) in [4.78, 5) is 6.31. The lowest BCUT2D eigenvalue weighted by atomic mass is 10.1. The van der Waals surface area contributed by atoms with Gasteiger partial charge in [0.15, 0.2) is 0 Å². The second-order valence-electron chi connectivity index (χ2n) is 4.30. The quantitative estimate of drug-likeness (QED) is 0.893. The summed E-state index contributed by atoms with van der Waals surface area (Å²) < 4.78 is 28.3. The van der Waals surface area contributed by atoms with Gasteiger partial charge in [-0.05, 0) is 32.0 Å². The summed E-state index contributed by atoms with van der Waals surface area (Å²) in [6, 6.07) is 3.70. The van der Waals surface area contributed by atoms with Gasteiger partial charge < -0.3 is 15.0 Å². The van der Waals surface area contributed by atoms with Crippen molar-refractivity contribution < 1.29 is 13.5 Å². The molecule has 4 nitrogen and oxygen atoms in total. The van der Waals surface area contributed by atoms with Gasteiger partial charge in [-0.15, -0.1) is 0 Å². The highest BCUT2D eigenvalue weighted by Crippen LogP contribution is 2.20. The molecular weight excluding hydrogens is 240 g/mol. The topological polar surface area (TPSA) is 37.4 Å². The second-order valence-corrected chi connectivity index (χ2v) is 4.30. The zero-order valence-corrected chi connectivity index (χ0v) is 10.3. The molecule has 1 aliphatic rings. The van der Waals surface area contributed by atoms with Crippen molar-refractivity contribution in [3.8, 4) is 5.75 Å². The van der Waals surface area contributed by atoms with Gasteiger partial charge in [0.1, 0.15) is 11.6 Å². The van der Waals surface area contributed by atoms with Crippen LogP contribution in [0.4, 0.5) is 14.6 Å². The third-order valence-electron chi connectivity index (χ3n) is 3.10. The minimum absolute atomic E-state index is 0.0934. The van der Waals surface area contributed by atoms with E-state index in [1.54, 1.807) is 6.07 Å². The lowest BCUT2D eigenvalue weighted by Crippen LogP contribution is -2.44. The summed E-state index contributed by atoms with van der Waals surface area (Å²) in [6.45, 7) is -0.972. The number of rotatable bonds is 4. The molecule has 0 bridgehead atoms. The van der Waals surface area contributed by atoms with E-state index in [0.717, 1.165) is 31.7 Å². The Morgan fingerprint density at radius 1 is 1.50 bits per heavy atom. The highest BCUT2D eigenvalue weighted by atomic mass is 19.3. The molecule has 0 spiro atoms. The van der Waals surface area contributed by atoms with Crippen LogP contribution in [0.2, 0.25) is 0 Å². The highest BCUT2D eigenvalue weighted by Gasteiger charge is 2.19. The SMILES string of the molecule is CNC1CCCN(c2ccc(OC(F)F)cn2)C1. The van der Waals surface area contributed by atoms with Gasteiger partial charge in [0.2, 0.25) is 0 Å². The predicted octanol–water partition coefficient (Wildman–Crippen LogP) is 1.87. The van der Waals surface area contributed by atoms with Crippen molar-refractivity contribution in [3.63, 3.8) is 0 Å². The Balaban J connectivity index is 2.00. The van der Waals surface area contributed by atoms with E-state index >= 15 is 0 Å². The number of halogens is 2. The van der Waals surface area contributed by atoms with Crippen LogP contribution in [-0.4, -0.2) is 37.8 Å². The van der Waals surface area contributed by atoms with E-state index in [-0.39, 0.29) is 5.75 Å². The average Bonchev–Trinajstić information content (AvgIpc) is 2.39. The molecule has 1 aromatic heterocycles. The van der Waals surface area contributed by atoms with Crippen molar-refractivity contribution in [3.05, 3.63) is 18.3 Å². The molecule has 1 atom stereocenters. The summed E-state index contributed by atoms with van der Waals surface area (Å²) in [5.74, 6) is 0.896. The monoisotopic (exact) mass is 257 g/mol. The molecule has 2 heterocycles. The summed E-state index contributed by atoms with van der Waals surface area (Å²) in [7, 11) is 1.95. The van der Waals surface area contributed by atoms with Gasteiger partial charge in [-0.3, -0.25) is 0 Å². The van der Waals surface area contributed by atoms with Crippen molar-refractivity contribution in [2.45, 2.75) is 25.5 Å². The number of piperidine rings is 1. The highest BCUT2D eigenvalue weighted by molar-refractivity contribution is 5.41. The number of hydrogen-bond acceptors (Lipinski definition) is 4. The van der Waals surface area contributed by atoms with Gasteiger partial charge in [-0.2, -0.15) is 8.78 Å².